The van der Waals surface area contributed by atoms with Crippen LogP contribution in [-0.4, -0.2) is 32.5 Å². The van der Waals surface area contributed by atoms with Gasteiger partial charge in [-0.3, -0.25) is 14.6 Å². The predicted molar refractivity (Wildman–Crippen MR) is 92.0 cm³/mol. The number of thioether (sulfide) groups is 1. The minimum atomic E-state index is -0.671. The minimum absolute atomic E-state index is 0.0523. The first kappa shape index (κ1) is 18.8. The van der Waals surface area contributed by atoms with Gasteiger partial charge < -0.3 is 4.74 Å². The Morgan fingerprint density at radius 1 is 1.29 bits per heavy atom. The summed E-state index contributed by atoms with van der Waals surface area (Å²) in [5.41, 5.74) is -1.27. The van der Waals surface area contributed by atoms with Crippen molar-refractivity contribution in [3.8, 4) is 0 Å². The van der Waals surface area contributed by atoms with E-state index in [-0.39, 0.29) is 17.1 Å². The lowest BCUT2D eigenvalue weighted by molar-refractivity contribution is -0.154. The fourth-order valence-corrected chi connectivity index (χ4v) is 3.87. The second-order valence-corrected chi connectivity index (χ2v) is 8.20. The summed E-state index contributed by atoms with van der Waals surface area (Å²) in [6.07, 6.45) is 3.03. The van der Waals surface area contributed by atoms with Crippen molar-refractivity contribution in [2.45, 2.75) is 63.3 Å². The van der Waals surface area contributed by atoms with Gasteiger partial charge in [0.2, 0.25) is 0 Å². The molecule has 134 valence electrons. The summed E-state index contributed by atoms with van der Waals surface area (Å²) >= 11 is 0.986. The first-order valence-electron chi connectivity index (χ1n) is 8.34. The number of rotatable bonds is 5. The van der Waals surface area contributed by atoms with Crippen LogP contribution in [0.5, 0.6) is 0 Å². The molecular formula is C16H25N3O4S. The summed E-state index contributed by atoms with van der Waals surface area (Å²) in [7, 11) is 0. The number of esters is 1. The summed E-state index contributed by atoms with van der Waals surface area (Å²) in [6, 6.07) is 0. The second-order valence-electron chi connectivity index (χ2n) is 6.87. The number of ether oxygens (including phenoxy) is 1. The highest BCUT2D eigenvalue weighted by molar-refractivity contribution is 8.00. The molecule has 0 radical (unpaired) electrons. The molecule has 0 unspecified atom stereocenters. The van der Waals surface area contributed by atoms with Gasteiger partial charge in [-0.15, -0.1) is 0 Å². The van der Waals surface area contributed by atoms with Gasteiger partial charge in [-0.1, -0.05) is 39.0 Å². The van der Waals surface area contributed by atoms with Crippen LogP contribution < -0.4 is 11.2 Å². The van der Waals surface area contributed by atoms with Gasteiger partial charge in [-0.25, -0.2) is 9.89 Å². The number of carbonyl (C=O) groups excluding carboxylic acids is 1. The number of carbonyl (C=O) groups is 1. The van der Waals surface area contributed by atoms with E-state index in [0.717, 1.165) is 31.0 Å². The smallest absolute Gasteiger partial charge is 0.342 e. The molecule has 1 aromatic rings. The van der Waals surface area contributed by atoms with Crippen molar-refractivity contribution in [3.05, 3.63) is 20.8 Å². The van der Waals surface area contributed by atoms with Crippen molar-refractivity contribution >= 4 is 17.7 Å². The first-order valence-corrected chi connectivity index (χ1v) is 9.22. The molecule has 1 aromatic heterocycles. The van der Waals surface area contributed by atoms with Crippen molar-refractivity contribution in [1.82, 2.24) is 15.2 Å². The van der Waals surface area contributed by atoms with Gasteiger partial charge in [0.1, 0.15) is 11.4 Å². The van der Waals surface area contributed by atoms with Crippen LogP contribution in [0.3, 0.4) is 0 Å². The van der Waals surface area contributed by atoms with E-state index < -0.39 is 16.5 Å². The number of H-pyrrole nitrogens is 2. The maximum Gasteiger partial charge on any atom is 0.342 e. The molecular weight excluding hydrogens is 330 g/mol. The number of aromatic nitrogens is 3. The summed E-state index contributed by atoms with van der Waals surface area (Å²) in [5.74, 6) is 1.03. The van der Waals surface area contributed by atoms with E-state index >= 15 is 0 Å². The Balaban J connectivity index is 2.01. The molecule has 0 bridgehead atoms. The van der Waals surface area contributed by atoms with Crippen LogP contribution in [0.15, 0.2) is 14.6 Å². The summed E-state index contributed by atoms with van der Waals surface area (Å²) in [6.45, 7) is 8.17. The highest BCUT2D eigenvalue weighted by Crippen LogP contribution is 2.36. The lowest BCUT2D eigenvalue weighted by atomic mass is 9.75. The molecule has 1 aliphatic carbocycles. The summed E-state index contributed by atoms with van der Waals surface area (Å²) in [5, 5.41) is 5.31. The molecule has 1 fully saturated rings. The molecule has 4 atom stereocenters. The molecule has 1 saturated carbocycles. The van der Waals surface area contributed by atoms with Crippen molar-refractivity contribution in [2.24, 2.45) is 17.8 Å². The zero-order valence-corrected chi connectivity index (χ0v) is 15.3. The third-order valence-electron chi connectivity index (χ3n) is 4.53. The highest BCUT2D eigenvalue weighted by atomic mass is 32.2. The largest absolute Gasteiger partial charge is 0.461 e. The molecule has 0 aliphatic heterocycles. The van der Waals surface area contributed by atoms with Gasteiger partial charge in [0, 0.05) is 0 Å². The molecule has 8 heteroatoms. The standard InChI is InChI=1S/C16H25N3O4S/c1-8(2)11-6-5-9(3)7-12(11)23-15(21)10(4)24-14-13(20)17-16(22)19-18-14/h8-12H,5-7H2,1-4H3,(H2,17,19,20,22)/t9-,10+,11+,12-/m0/s1. The second kappa shape index (κ2) is 8.00. The van der Waals surface area contributed by atoms with Gasteiger partial charge in [0.15, 0.2) is 5.03 Å². The van der Waals surface area contributed by atoms with Gasteiger partial charge in [-0.2, -0.15) is 5.10 Å². The molecule has 2 rings (SSSR count). The SMILES string of the molecule is CC(C)[C@H]1CC[C@H](C)C[C@@H]1OC(=O)[C@@H](C)Sc1n[nH]c(=O)[nH]c1=O. The zero-order valence-electron chi connectivity index (χ0n) is 14.5. The third-order valence-corrected chi connectivity index (χ3v) is 5.58. The third kappa shape index (κ3) is 4.72. The molecule has 0 aromatic carbocycles. The van der Waals surface area contributed by atoms with Gasteiger partial charge in [0.25, 0.3) is 5.56 Å². The van der Waals surface area contributed by atoms with Crippen LogP contribution in [0.2, 0.25) is 0 Å². The minimum Gasteiger partial charge on any atom is -0.461 e. The van der Waals surface area contributed by atoms with Crippen LogP contribution in [0.1, 0.15) is 47.0 Å². The normalized spacial score (nSPS) is 25.5. The number of nitrogens with zero attached hydrogens (tertiary/aromatic N) is 1. The Bertz CT molecular complexity index is 684. The topological polar surface area (TPSA) is 105 Å². The van der Waals surface area contributed by atoms with E-state index in [2.05, 4.69) is 36.0 Å². The van der Waals surface area contributed by atoms with Crippen LogP contribution >= 0.6 is 11.8 Å². The van der Waals surface area contributed by atoms with Gasteiger partial charge >= 0.3 is 11.7 Å². The molecule has 0 saturated heterocycles. The lowest BCUT2D eigenvalue weighted by Crippen LogP contribution is -2.37. The quantitative estimate of drug-likeness (QED) is 0.618. The van der Waals surface area contributed by atoms with E-state index in [1.807, 2.05) is 0 Å². The number of hydrogen-bond donors (Lipinski definition) is 2. The van der Waals surface area contributed by atoms with Crippen LogP contribution in [0, 0.1) is 17.8 Å². The van der Waals surface area contributed by atoms with E-state index in [1.54, 1.807) is 6.92 Å². The Hall–Kier alpha value is -1.57. The monoisotopic (exact) mass is 355 g/mol. The number of hydrogen-bond acceptors (Lipinski definition) is 6. The summed E-state index contributed by atoms with van der Waals surface area (Å²) < 4.78 is 5.76. The number of nitrogens with one attached hydrogen (secondary N) is 2. The van der Waals surface area contributed by atoms with Gasteiger partial charge in [0.05, 0.1) is 0 Å². The maximum atomic E-state index is 12.4. The molecule has 1 heterocycles. The van der Waals surface area contributed by atoms with E-state index in [9.17, 15) is 14.4 Å². The van der Waals surface area contributed by atoms with Crippen LogP contribution in [0.25, 0.3) is 0 Å². The molecule has 24 heavy (non-hydrogen) atoms. The van der Waals surface area contributed by atoms with Crippen molar-refractivity contribution < 1.29 is 9.53 Å². The predicted octanol–water partition coefficient (Wildman–Crippen LogP) is 1.94. The lowest BCUT2D eigenvalue weighted by Gasteiger charge is -2.37. The Morgan fingerprint density at radius 3 is 2.62 bits per heavy atom. The Morgan fingerprint density at radius 2 is 2.00 bits per heavy atom. The molecule has 2 N–H and O–H groups in total. The van der Waals surface area contributed by atoms with Crippen LogP contribution in [-0.2, 0) is 9.53 Å². The Labute approximate surface area is 145 Å². The van der Waals surface area contributed by atoms with Crippen LogP contribution in [0.4, 0.5) is 0 Å². The number of aromatic amines is 2. The fraction of sp³-hybridized carbons (Fsp3) is 0.750. The molecule has 1 aliphatic rings. The maximum absolute atomic E-state index is 12.4. The average molecular weight is 355 g/mol. The first-order chi connectivity index (χ1) is 11.3. The van der Waals surface area contributed by atoms with E-state index in [4.69, 9.17) is 4.74 Å². The Kier molecular flexibility index (Phi) is 6.26. The van der Waals surface area contributed by atoms with E-state index in [1.165, 1.54) is 0 Å². The van der Waals surface area contributed by atoms with Gasteiger partial charge in [-0.05, 0) is 37.5 Å². The van der Waals surface area contributed by atoms with Crippen molar-refractivity contribution in [3.63, 3.8) is 0 Å². The molecule has 0 amide bonds. The van der Waals surface area contributed by atoms with Crippen molar-refractivity contribution in [1.29, 1.82) is 0 Å². The molecule has 7 nitrogen and oxygen atoms in total. The summed E-state index contributed by atoms with van der Waals surface area (Å²) in [4.78, 5) is 37.1. The molecule has 0 spiro atoms. The van der Waals surface area contributed by atoms with Crippen molar-refractivity contribution in [2.75, 3.05) is 0 Å². The highest BCUT2D eigenvalue weighted by Gasteiger charge is 2.34. The fourth-order valence-electron chi connectivity index (χ4n) is 3.13. The van der Waals surface area contributed by atoms with E-state index in [0.29, 0.717) is 17.8 Å². The zero-order chi connectivity index (χ0) is 17.9. The average Bonchev–Trinajstić information content (AvgIpc) is 2.49.